The molecule has 17 heavy (non-hydrogen) atoms. The third-order valence-corrected chi connectivity index (χ3v) is 4.04. The van der Waals surface area contributed by atoms with Crippen LogP contribution in [0.3, 0.4) is 0 Å². The monoisotopic (exact) mass is 255 g/mol. The van der Waals surface area contributed by atoms with Crippen LogP contribution in [0, 0.1) is 11.2 Å². The Morgan fingerprint density at radius 3 is 2.76 bits per heavy atom. The summed E-state index contributed by atoms with van der Waals surface area (Å²) in [5.74, 6) is -0.245. The van der Waals surface area contributed by atoms with Gasteiger partial charge in [0.2, 0.25) is 0 Å². The lowest BCUT2D eigenvalue weighted by Crippen LogP contribution is -2.24. The molecular weight excluding hydrogens is 237 g/mol. The van der Waals surface area contributed by atoms with Crippen LogP contribution in [0.1, 0.15) is 32.3 Å². The fourth-order valence-electron chi connectivity index (χ4n) is 2.51. The number of likely N-dealkylation sites (tertiary alicyclic amines) is 1. The van der Waals surface area contributed by atoms with Crippen LogP contribution >= 0.6 is 11.6 Å². The van der Waals surface area contributed by atoms with Crippen LogP contribution in [0.25, 0.3) is 0 Å². The first-order valence-electron chi connectivity index (χ1n) is 6.18. The van der Waals surface area contributed by atoms with Gasteiger partial charge in [-0.25, -0.2) is 4.39 Å². The van der Waals surface area contributed by atoms with Crippen LogP contribution < -0.4 is 0 Å². The molecule has 0 N–H and O–H groups in total. The minimum absolute atomic E-state index is 0.245. The van der Waals surface area contributed by atoms with Crippen molar-refractivity contribution in [1.29, 1.82) is 0 Å². The predicted molar refractivity (Wildman–Crippen MR) is 69.7 cm³/mol. The highest BCUT2D eigenvalue weighted by molar-refractivity contribution is 6.30. The third-order valence-electron chi connectivity index (χ3n) is 3.82. The number of hydrogen-bond acceptors (Lipinski definition) is 1. The van der Waals surface area contributed by atoms with E-state index in [0.717, 1.165) is 25.2 Å². The van der Waals surface area contributed by atoms with Crippen LogP contribution in [0.15, 0.2) is 18.2 Å². The average molecular weight is 256 g/mol. The summed E-state index contributed by atoms with van der Waals surface area (Å²) in [6, 6.07) is 4.78. The SMILES string of the molecule is CC[C@@]1(C)CCN(Cc2cc(F)cc(Cl)c2)C1. The quantitative estimate of drug-likeness (QED) is 0.786. The standard InChI is InChI=1S/C14H19ClFN/c1-3-14(2)4-5-17(10-14)9-11-6-12(15)8-13(16)7-11/h6-8H,3-5,9-10H2,1-2H3/t14-/m0/s1. The molecule has 94 valence electrons. The molecule has 1 heterocycles. The van der Waals surface area contributed by atoms with Crippen LogP contribution in [0.4, 0.5) is 4.39 Å². The van der Waals surface area contributed by atoms with Gasteiger partial charge in [0.05, 0.1) is 0 Å². The van der Waals surface area contributed by atoms with Gasteiger partial charge in [-0.2, -0.15) is 0 Å². The molecule has 0 radical (unpaired) electrons. The zero-order valence-electron chi connectivity index (χ0n) is 10.5. The number of halogens is 2. The van der Waals surface area contributed by atoms with E-state index in [9.17, 15) is 4.39 Å². The Morgan fingerprint density at radius 1 is 1.41 bits per heavy atom. The maximum absolute atomic E-state index is 13.2. The Morgan fingerprint density at radius 2 is 2.18 bits per heavy atom. The molecule has 1 aromatic rings. The molecule has 0 spiro atoms. The second-order valence-corrected chi connectivity index (χ2v) is 5.84. The van der Waals surface area contributed by atoms with Gasteiger partial charge in [0.1, 0.15) is 5.82 Å². The van der Waals surface area contributed by atoms with Crippen molar-refractivity contribution >= 4 is 11.6 Å². The Bertz CT molecular complexity index is 387. The zero-order valence-corrected chi connectivity index (χ0v) is 11.2. The van der Waals surface area contributed by atoms with Crippen molar-refractivity contribution in [3.8, 4) is 0 Å². The number of rotatable bonds is 3. The first kappa shape index (κ1) is 12.8. The lowest BCUT2D eigenvalue weighted by Gasteiger charge is -2.22. The molecule has 0 amide bonds. The van der Waals surface area contributed by atoms with Crippen molar-refractivity contribution in [2.45, 2.75) is 33.2 Å². The van der Waals surface area contributed by atoms with Gasteiger partial charge in [-0.3, -0.25) is 4.90 Å². The van der Waals surface area contributed by atoms with E-state index in [4.69, 9.17) is 11.6 Å². The van der Waals surface area contributed by atoms with Crippen LogP contribution in [-0.4, -0.2) is 18.0 Å². The van der Waals surface area contributed by atoms with Crippen molar-refractivity contribution in [2.75, 3.05) is 13.1 Å². The molecule has 0 aliphatic carbocycles. The van der Waals surface area contributed by atoms with Crippen LogP contribution in [0.2, 0.25) is 5.02 Å². The zero-order chi connectivity index (χ0) is 12.5. The van der Waals surface area contributed by atoms with Crippen molar-refractivity contribution in [3.05, 3.63) is 34.6 Å². The Balaban J connectivity index is 2.02. The van der Waals surface area contributed by atoms with Crippen LogP contribution in [0.5, 0.6) is 0 Å². The lowest BCUT2D eigenvalue weighted by molar-refractivity contribution is 0.263. The molecule has 1 nitrogen and oxygen atoms in total. The normalized spacial score (nSPS) is 25.4. The number of nitrogens with zero attached hydrogens (tertiary/aromatic N) is 1. The van der Waals surface area contributed by atoms with Crippen molar-refractivity contribution in [3.63, 3.8) is 0 Å². The Hall–Kier alpha value is -0.600. The van der Waals surface area contributed by atoms with E-state index in [0.29, 0.717) is 10.4 Å². The smallest absolute Gasteiger partial charge is 0.125 e. The summed E-state index contributed by atoms with van der Waals surface area (Å²) in [6.45, 7) is 7.55. The molecule has 3 heteroatoms. The maximum atomic E-state index is 13.2. The fourth-order valence-corrected chi connectivity index (χ4v) is 2.75. The highest BCUT2D eigenvalue weighted by Gasteiger charge is 2.31. The molecule has 1 aromatic carbocycles. The molecule has 1 fully saturated rings. The minimum atomic E-state index is -0.245. The predicted octanol–water partition coefficient (Wildman–Crippen LogP) is 4.10. The van der Waals surface area contributed by atoms with Crippen molar-refractivity contribution < 1.29 is 4.39 Å². The van der Waals surface area contributed by atoms with Gasteiger partial charge in [-0.05, 0) is 48.6 Å². The average Bonchev–Trinajstić information content (AvgIpc) is 2.59. The summed E-state index contributed by atoms with van der Waals surface area (Å²) in [5, 5.41) is 0.484. The topological polar surface area (TPSA) is 3.24 Å². The largest absolute Gasteiger partial charge is 0.299 e. The number of hydrogen-bond donors (Lipinski definition) is 0. The lowest BCUT2D eigenvalue weighted by atomic mass is 9.87. The van der Waals surface area contributed by atoms with E-state index in [2.05, 4.69) is 18.7 Å². The van der Waals surface area contributed by atoms with Gasteiger partial charge >= 0.3 is 0 Å². The summed E-state index contributed by atoms with van der Waals surface area (Å²) in [6.07, 6.45) is 2.43. The first-order valence-corrected chi connectivity index (χ1v) is 6.56. The minimum Gasteiger partial charge on any atom is -0.299 e. The van der Waals surface area contributed by atoms with Gasteiger partial charge in [0.25, 0.3) is 0 Å². The van der Waals surface area contributed by atoms with E-state index in [-0.39, 0.29) is 5.82 Å². The van der Waals surface area contributed by atoms with Crippen molar-refractivity contribution in [2.24, 2.45) is 5.41 Å². The second kappa shape index (κ2) is 4.95. The molecule has 1 aliphatic heterocycles. The highest BCUT2D eigenvalue weighted by Crippen LogP contribution is 2.33. The molecule has 0 bridgehead atoms. The fraction of sp³-hybridized carbons (Fsp3) is 0.571. The molecule has 0 aromatic heterocycles. The van der Waals surface area contributed by atoms with Gasteiger partial charge < -0.3 is 0 Å². The molecule has 0 saturated carbocycles. The second-order valence-electron chi connectivity index (χ2n) is 5.40. The van der Waals surface area contributed by atoms with Gasteiger partial charge in [-0.1, -0.05) is 25.4 Å². The van der Waals surface area contributed by atoms with Crippen molar-refractivity contribution in [1.82, 2.24) is 4.90 Å². The van der Waals surface area contributed by atoms with Crippen LogP contribution in [-0.2, 0) is 6.54 Å². The van der Waals surface area contributed by atoms with Gasteiger partial charge in [0, 0.05) is 18.1 Å². The summed E-state index contributed by atoms with van der Waals surface area (Å²) >= 11 is 5.86. The molecule has 0 unspecified atom stereocenters. The summed E-state index contributed by atoms with van der Waals surface area (Å²) in [4.78, 5) is 2.38. The first-order chi connectivity index (χ1) is 8.00. The summed E-state index contributed by atoms with van der Waals surface area (Å²) in [5.41, 5.74) is 1.40. The molecule has 1 saturated heterocycles. The van der Waals surface area contributed by atoms with Gasteiger partial charge in [0.15, 0.2) is 0 Å². The maximum Gasteiger partial charge on any atom is 0.125 e. The molecular formula is C14H19ClFN. The van der Waals surface area contributed by atoms with E-state index in [1.54, 1.807) is 6.07 Å². The number of benzene rings is 1. The Labute approximate surface area is 108 Å². The third kappa shape index (κ3) is 3.20. The van der Waals surface area contributed by atoms with E-state index in [1.807, 2.05) is 6.07 Å². The summed E-state index contributed by atoms with van der Waals surface area (Å²) in [7, 11) is 0. The van der Waals surface area contributed by atoms with E-state index >= 15 is 0 Å². The van der Waals surface area contributed by atoms with E-state index in [1.165, 1.54) is 18.9 Å². The summed E-state index contributed by atoms with van der Waals surface area (Å²) < 4.78 is 13.2. The highest BCUT2D eigenvalue weighted by atomic mass is 35.5. The molecule has 1 aliphatic rings. The van der Waals surface area contributed by atoms with E-state index < -0.39 is 0 Å². The van der Waals surface area contributed by atoms with Gasteiger partial charge in [-0.15, -0.1) is 0 Å². The Kier molecular flexibility index (Phi) is 3.74. The molecule has 2 rings (SSSR count). The molecule has 1 atom stereocenters.